The van der Waals surface area contributed by atoms with Crippen LogP contribution in [0, 0.1) is 5.41 Å². The number of benzene rings is 2. The van der Waals surface area contributed by atoms with E-state index in [-0.39, 0.29) is 5.91 Å². The number of nitrogens with two attached hydrogens (primary N) is 2. The number of hydrogen-bond donors (Lipinski definition) is 5. The number of nitrogen functional groups attached to an aromatic ring is 1. The summed E-state index contributed by atoms with van der Waals surface area (Å²) in [4.78, 5) is 17.1. The van der Waals surface area contributed by atoms with E-state index >= 15 is 0 Å². The van der Waals surface area contributed by atoms with Crippen LogP contribution in [0.3, 0.4) is 0 Å². The highest BCUT2D eigenvalue weighted by atomic mass is 16.1. The van der Waals surface area contributed by atoms with Gasteiger partial charge in [-0.1, -0.05) is 12.1 Å². The Bertz CT molecular complexity index is 1090. The van der Waals surface area contributed by atoms with Crippen molar-refractivity contribution in [3.8, 4) is 11.3 Å². The first-order valence-corrected chi connectivity index (χ1v) is 9.70. The molecule has 0 atom stereocenters. The van der Waals surface area contributed by atoms with E-state index in [1.165, 1.54) is 17.3 Å². The molecule has 2 aromatic carbocycles. The van der Waals surface area contributed by atoms with E-state index in [4.69, 9.17) is 22.0 Å². The number of carbonyl (C=O) groups is 1. The van der Waals surface area contributed by atoms with E-state index in [1.807, 2.05) is 36.4 Å². The zero-order valence-corrected chi connectivity index (χ0v) is 16.1. The van der Waals surface area contributed by atoms with Crippen molar-refractivity contribution in [3.05, 3.63) is 58.7 Å². The Kier molecular flexibility index (Phi) is 5.24. The molecule has 0 fully saturated rings. The average Bonchev–Trinajstić information content (AvgIpc) is 3.23. The normalized spacial score (nSPS) is 12.7. The molecule has 7 N–H and O–H groups in total. The van der Waals surface area contributed by atoms with Crippen LogP contribution >= 0.6 is 0 Å². The number of carbonyl (C=O) groups excluding carboxylic acids is 1. The van der Waals surface area contributed by atoms with Gasteiger partial charge < -0.3 is 16.5 Å². The van der Waals surface area contributed by atoms with Gasteiger partial charge in [0.1, 0.15) is 0 Å². The van der Waals surface area contributed by atoms with Crippen molar-refractivity contribution >= 4 is 28.7 Å². The van der Waals surface area contributed by atoms with Crippen LogP contribution in [0.4, 0.5) is 5.69 Å². The summed E-state index contributed by atoms with van der Waals surface area (Å²) in [5.74, 6) is 5.09. The number of nitrogens with one attached hydrogen (secondary N) is 3. The maximum Gasteiger partial charge on any atom is 0.251 e. The zero-order chi connectivity index (χ0) is 20.4. The maximum atomic E-state index is 12.2. The molecule has 1 aliphatic carbocycles. The molecule has 0 unspecified atom stereocenters. The molecule has 1 aromatic heterocycles. The van der Waals surface area contributed by atoms with E-state index in [9.17, 15) is 4.79 Å². The Morgan fingerprint density at radius 3 is 2.59 bits per heavy atom. The van der Waals surface area contributed by atoms with Crippen molar-refractivity contribution in [2.75, 3.05) is 18.8 Å². The lowest BCUT2D eigenvalue weighted by Gasteiger charge is -2.15. The topological polar surface area (TPSA) is 130 Å². The summed E-state index contributed by atoms with van der Waals surface area (Å²) in [7, 11) is 0. The second-order valence-corrected chi connectivity index (χ2v) is 7.17. The Balaban J connectivity index is 1.74. The van der Waals surface area contributed by atoms with Crippen molar-refractivity contribution in [1.29, 1.82) is 5.41 Å². The molecule has 0 aliphatic heterocycles. The van der Waals surface area contributed by atoms with Crippen molar-refractivity contribution in [2.45, 2.75) is 19.3 Å². The van der Waals surface area contributed by atoms with Gasteiger partial charge in [-0.3, -0.25) is 16.1 Å². The number of hydrazine groups is 1. The van der Waals surface area contributed by atoms with Gasteiger partial charge in [-0.15, -0.1) is 0 Å². The van der Waals surface area contributed by atoms with Crippen LogP contribution in [0.1, 0.15) is 33.5 Å². The SMILES string of the molecule is N=Cc1c(N)ccc2nc(-c3ccc(C(=O)NCCNN)cc3)c3c(c12)CCC3. The summed E-state index contributed by atoms with van der Waals surface area (Å²) >= 11 is 0. The second kappa shape index (κ2) is 7.98. The molecule has 4 rings (SSSR count). The summed E-state index contributed by atoms with van der Waals surface area (Å²) in [6.07, 6.45) is 4.30. The van der Waals surface area contributed by atoms with Crippen LogP contribution < -0.4 is 22.3 Å². The van der Waals surface area contributed by atoms with Gasteiger partial charge in [0.05, 0.1) is 11.2 Å². The number of amides is 1. The summed E-state index contributed by atoms with van der Waals surface area (Å²) in [6.45, 7) is 0.981. The van der Waals surface area contributed by atoms with E-state index in [2.05, 4.69) is 10.7 Å². The highest BCUT2D eigenvalue weighted by Crippen LogP contribution is 2.38. The number of rotatable bonds is 6. The Morgan fingerprint density at radius 2 is 1.86 bits per heavy atom. The monoisotopic (exact) mass is 388 g/mol. The molecule has 0 saturated carbocycles. The smallest absolute Gasteiger partial charge is 0.251 e. The van der Waals surface area contributed by atoms with Gasteiger partial charge >= 0.3 is 0 Å². The van der Waals surface area contributed by atoms with Crippen molar-refractivity contribution in [3.63, 3.8) is 0 Å². The molecule has 1 amide bonds. The van der Waals surface area contributed by atoms with Crippen molar-refractivity contribution in [2.24, 2.45) is 5.84 Å². The fourth-order valence-corrected chi connectivity index (χ4v) is 4.03. The second-order valence-electron chi connectivity index (χ2n) is 7.17. The van der Waals surface area contributed by atoms with Gasteiger partial charge in [-0.25, -0.2) is 4.98 Å². The van der Waals surface area contributed by atoms with Crippen LogP contribution in [-0.2, 0) is 12.8 Å². The van der Waals surface area contributed by atoms with Crippen LogP contribution in [0.2, 0.25) is 0 Å². The van der Waals surface area contributed by atoms with Gasteiger partial charge in [0.2, 0.25) is 0 Å². The summed E-state index contributed by atoms with van der Waals surface area (Å²) in [5, 5.41) is 11.6. The predicted molar refractivity (Wildman–Crippen MR) is 116 cm³/mol. The molecule has 1 aliphatic rings. The quantitative estimate of drug-likeness (QED) is 0.145. The first-order chi connectivity index (χ1) is 14.1. The number of anilines is 1. The molecule has 1 heterocycles. The van der Waals surface area contributed by atoms with Crippen LogP contribution in [-0.4, -0.2) is 30.2 Å². The highest BCUT2D eigenvalue weighted by molar-refractivity contribution is 6.05. The maximum absolute atomic E-state index is 12.2. The van der Waals surface area contributed by atoms with E-state index in [1.54, 1.807) is 0 Å². The zero-order valence-electron chi connectivity index (χ0n) is 16.1. The Morgan fingerprint density at radius 1 is 1.10 bits per heavy atom. The number of hydrogen-bond acceptors (Lipinski definition) is 6. The highest BCUT2D eigenvalue weighted by Gasteiger charge is 2.22. The molecule has 7 heteroatoms. The third kappa shape index (κ3) is 3.46. The van der Waals surface area contributed by atoms with Crippen LogP contribution in [0.15, 0.2) is 36.4 Å². The molecular formula is C22H24N6O. The molecule has 3 aromatic rings. The predicted octanol–water partition coefficient (Wildman–Crippen LogP) is 2.16. The average molecular weight is 388 g/mol. The standard InChI is InChI=1S/C22H24N6O/c23-12-17-18(24)8-9-19-20(17)15-2-1-3-16(15)21(28-19)13-4-6-14(7-5-13)22(29)26-10-11-27-25/h4-9,12,23,27H,1-3,10-11,24-25H2,(H,26,29). The molecule has 7 nitrogen and oxygen atoms in total. The van der Waals surface area contributed by atoms with E-state index in [0.29, 0.717) is 24.3 Å². The minimum absolute atomic E-state index is 0.130. The lowest BCUT2D eigenvalue weighted by molar-refractivity contribution is 0.0954. The largest absolute Gasteiger partial charge is 0.398 e. The lowest BCUT2D eigenvalue weighted by atomic mass is 9.95. The molecule has 0 spiro atoms. The molecule has 0 bridgehead atoms. The Hall–Kier alpha value is -3.29. The fraction of sp³-hybridized carbons (Fsp3) is 0.227. The number of aromatic nitrogens is 1. The third-order valence-electron chi connectivity index (χ3n) is 5.41. The summed E-state index contributed by atoms with van der Waals surface area (Å²) in [5.41, 5.74) is 15.8. The Labute approximate surface area is 169 Å². The number of pyridine rings is 1. The fourth-order valence-electron chi connectivity index (χ4n) is 4.03. The van der Waals surface area contributed by atoms with Gasteiger partial charge in [-0.2, -0.15) is 0 Å². The molecular weight excluding hydrogens is 364 g/mol. The van der Waals surface area contributed by atoms with E-state index in [0.717, 1.165) is 47.0 Å². The molecule has 148 valence electrons. The van der Waals surface area contributed by atoms with Crippen LogP contribution in [0.25, 0.3) is 22.2 Å². The third-order valence-corrected chi connectivity index (χ3v) is 5.41. The van der Waals surface area contributed by atoms with Gasteiger partial charge in [0, 0.05) is 47.1 Å². The summed E-state index contributed by atoms with van der Waals surface area (Å²) < 4.78 is 0. The lowest BCUT2D eigenvalue weighted by Crippen LogP contribution is -2.34. The van der Waals surface area contributed by atoms with Crippen molar-refractivity contribution in [1.82, 2.24) is 15.7 Å². The number of fused-ring (bicyclic) bond motifs is 3. The molecule has 0 radical (unpaired) electrons. The van der Waals surface area contributed by atoms with Gasteiger partial charge in [-0.05, 0) is 54.7 Å². The minimum atomic E-state index is -0.130. The number of nitrogens with zero attached hydrogens (tertiary/aromatic N) is 1. The minimum Gasteiger partial charge on any atom is -0.398 e. The van der Waals surface area contributed by atoms with Gasteiger partial charge in [0.25, 0.3) is 5.91 Å². The molecule has 0 saturated heterocycles. The number of aryl methyl sites for hydroxylation is 1. The molecule has 29 heavy (non-hydrogen) atoms. The summed E-state index contributed by atoms with van der Waals surface area (Å²) in [6, 6.07) is 11.3. The van der Waals surface area contributed by atoms with Crippen molar-refractivity contribution < 1.29 is 4.79 Å². The van der Waals surface area contributed by atoms with E-state index < -0.39 is 0 Å². The first-order valence-electron chi connectivity index (χ1n) is 9.70. The van der Waals surface area contributed by atoms with Crippen LogP contribution in [0.5, 0.6) is 0 Å². The first kappa shape index (κ1) is 19.0. The van der Waals surface area contributed by atoms with Gasteiger partial charge in [0.15, 0.2) is 0 Å².